The fourth-order valence-corrected chi connectivity index (χ4v) is 12.7. The summed E-state index contributed by atoms with van der Waals surface area (Å²) in [6.45, 7) is 9.26. The Bertz CT molecular complexity index is 1990. The highest BCUT2D eigenvalue weighted by Gasteiger charge is 2.96. The zero-order valence-corrected chi connectivity index (χ0v) is 30.9. The van der Waals surface area contributed by atoms with Crippen LogP contribution in [-0.4, -0.2) is 113 Å². The first kappa shape index (κ1) is 37.0. The fraction of sp³-hybridized carbons (Fsp3) is 0.512. The molecule has 2 aromatic carbocycles. The molecule has 2 N–H and O–H groups in total. The lowest BCUT2D eigenvalue weighted by Crippen LogP contribution is -2.82. The molecule has 14 nitrogen and oxygen atoms in total. The van der Waals surface area contributed by atoms with Gasteiger partial charge < -0.3 is 38.7 Å². The summed E-state index contributed by atoms with van der Waals surface area (Å²) in [6, 6.07) is 14.4. The minimum Gasteiger partial charge on any atom is -0.461 e. The SMILES string of the molecule is C=C1[C@H]2[C@@H](OC(=O)c3ccccc3)[C@@H]3[C@H]4N(C)[C@H]5[C@@H](O)[C@@]3([C@@H]([C@@H]2OC(C)=O)[C@@]42[C@H](OC(C)=O)[C@@H](OC(=O)c3ccccc3)[C@H](OC(C)=O)[C@@](C)(C=O)[C@@H]52)[C@H]1O. The lowest BCUT2D eigenvalue weighted by molar-refractivity contribution is -0.318. The number of esters is 5. The molecule has 8 aliphatic rings. The Morgan fingerprint density at radius 3 is 1.73 bits per heavy atom. The van der Waals surface area contributed by atoms with Crippen LogP contribution in [0.25, 0.3) is 0 Å². The van der Waals surface area contributed by atoms with Gasteiger partial charge in [0.15, 0.2) is 18.3 Å². The van der Waals surface area contributed by atoms with E-state index < -0.39 is 125 Å². The van der Waals surface area contributed by atoms with Gasteiger partial charge in [-0.3, -0.25) is 19.3 Å². The molecular weight excluding hydrogens is 714 g/mol. The molecule has 14 heteroatoms. The molecule has 0 aromatic heterocycles. The standard InChI is InChI=1S/C41H43NO13/c1-18-24-27(54-37(49)22-13-9-7-10-14-22)25-32-41-30(26(42(32)6)34(48)40(25,33(18)47)31(41)28(24)51-19(2)44)39(5,17-43)35(52-20(3)45)29(36(41)53-21(4)46)55-38(50)23-15-11-8-12-16-23/h7-17,24-36,47-48H,1H2,2-6H3/t24-,25+,26+,27+,28+,29-,30+,31+,32+,33-,34+,35-,36+,39-,40-,41+/m0/s1. The van der Waals surface area contributed by atoms with Crippen LogP contribution >= 0.6 is 0 Å². The largest absolute Gasteiger partial charge is 0.461 e. The Balaban J connectivity index is 1.41. The number of carbonyl (C=O) groups is 6. The summed E-state index contributed by atoms with van der Waals surface area (Å²) in [6.07, 6.45) is -9.39. The van der Waals surface area contributed by atoms with E-state index in [0.29, 0.717) is 6.29 Å². The van der Waals surface area contributed by atoms with Crippen molar-refractivity contribution >= 4 is 36.1 Å². The Morgan fingerprint density at radius 1 is 0.709 bits per heavy atom. The number of carbonyl (C=O) groups excluding carboxylic acids is 6. The number of piperidine rings is 1. The molecule has 2 spiro atoms. The first-order chi connectivity index (χ1) is 26.1. The first-order valence-corrected chi connectivity index (χ1v) is 18.4. The first-order valence-electron chi connectivity index (χ1n) is 18.4. The van der Waals surface area contributed by atoms with Crippen molar-refractivity contribution in [3.05, 3.63) is 83.9 Å². The van der Waals surface area contributed by atoms with Crippen LogP contribution in [0.1, 0.15) is 48.4 Å². The highest BCUT2D eigenvalue weighted by Crippen LogP contribution is 2.85. The molecule has 2 aromatic rings. The molecule has 55 heavy (non-hydrogen) atoms. The van der Waals surface area contributed by atoms with Gasteiger partial charge in [0.2, 0.25) is 0 Å². The third-order valence-corrected chi connectivity index (χ3v) is 13.8. The highest BCUT2D eigenvalue weighted by molar-refractivity contribution is 5.90. The number of hydrogen-bond acceptors (Lipinski definition) is 14. The van der Waals surface area contributed by atoms with Crippen LogP contribution in [0.5, 0.6) is 0 Å². The van der Waals surface area contributed by atoms with E-state index in [4.69, 9.17) is 23.7 Å². The Hall–Kier alpha value is -4.92. The fourth-order valence-electron chi connectivity index (χ4n) is 12.7. The van der Waals surface area contributed by atoms with Gasteiger partial charge in [-0.25, -0.2) is 9.59 Å². The van der Waals surface area contributed by atoms with Gasteiger partial charge in [0.05, 0.1) is 34.7 Å². The molecule has 6 aliphatic carbocycles. The van der Waals surface area contributed by atoms with Gasteiger partial charge in [0.25, 0.3) is 0 Å². The van der Waals surface area contributed by atoms with Crippen molar-refractivity contribution in [1.29, 1.82) is 0 Å². The van der Waals surface area contributed by atoms with Crippen LogP contribution in [0, 0.1) is 39.9 Å². The van der Waals surface area contributed by atoms with Crippen molar-refractivity contribution in [2.75, 3.05) is 7.05 Å². The van der Waals surface area contributed by atoms with Gasteiger partial charge in [0, 0.05) is 61.4 Å². The summed E-state index contributed by atoms with van der Waals surface area (Å²) in [5.41, 5.74) is -4.43. The van der Waals surface area contributed by atoms with Crippen LogP contribution in [0.2, 0.25) is 0 Å². The Morgan fingerprint density at radius 2 is 1.22 bits per heavy atom. The lowest BCUT2D eigenvalue weighted by Gasteiger charge is -2.71. The normalized spacial score (nSPS) is 42.9. The van der Waals surface area contributed by atoms with Crippen LogP contribution in [0.3, 0.4) is 0 Å². The van der Waals surface area contributed by atoms with Gasteiger partial charge in [0.1, 0.15) is 18.5 Å². The topological polar surface area (TPSA) is 192 Å². The molecule has 0 radical (unpaired) electrons. The summed E-state index contributed by atoms with van der Waals surface area (Å²) in [4.78, 5) is 83.0. The van der Waals surface area contributed by atoms with E-state index in [1.165, 1.54) is 19.1 Å². The summed E-state index contributed by atoms with van der Waals surface area (Å²) in [5, 5.41) is 25.3. The third kappa shape index (κ3) is 4.58. The van der Waals surface area contributed by atoms with Crippen molar-refractivity contribution in [3.8, 4) is 0 Å². The van der Waals surface area contributed by atoms with Gasteiger partial charge in [-0.2, -0.15) is 0 Å². The van der Waals surface area contributed by atoms with Crippen LogP contribution < -0.4 is 0 Å². The van der Waals surface area contributed by atoms with E-state index in [2.05, 4.69) is 6.58 Å². The second kappa shape index (κ2) is 12.6. The quantitative estimate of drug-likeness (QED) is 0.172. The molecule has 2 saturated heterocycles. The van der Waals surface area contributed by atoms with E-state index in [-0.39, 0.29) is 16.7 Å². The summed E-state index contributed by atoms with van der Waals surface area (Å²) in [7, 11) is 1.72. The third-order valence-electron chi connectivity index (χ3n) is 13.8. The number of fused-ring (bicyclic) bond motifs is 1. The number of nitrogens with zero attached hydrogens (tertiary/aromatic N) is 1. The monoisotopic (exact) mass is 757 g/mol. The molecule has 8 fully saturated rings. The zero-order chi connectivity index (χ0) is 39.5. The number of hydrogen-bond donors (Lipinski definition) is 2. The lowest BCUT2D eigenvalue weighted by atomic mass is 9.36. The molecule has 7 bridgehead atoms. The van der Waals surface area contributed by atoms with Crippen LogP contribution in [0.15, 0.2) is 72.8 Å². The maximum Gasteiger partial charge on any atom is 0.338 e. The number of aldehydes is 1. The number of likely N-dealkylation sites (N-methyl/N-ethyl adjacent to an activating group) is 1. The molecule has 10 rings (SSSR count). The van der Waals surface area contributed by atoms with E-state index in [1.54, 1.807) is 62.5 Å². The Kier molecular flexibility index (Phi) is 8.45. The molecule has 6 saturated carbocycles. The van der Waals surface area contributed by atoms with Crippen molar-refractivity contribution in [2.24, 2.45) is 39.9 Å². The second-order valence-electron chi connectivity index (χ2n) is 16.1. The molecule has 2 aliphatic heterocycles. The summed E-state index contributed by atoms with van der Waals surface area (Å²) >= 11 is 0. The second-order valence-corrected chi connectivity index (χ2v) is 16.1. The average molecular weight is 758 g/mol. The van der Waals surface area contributed by atoms with E-state index >= 15 is 0 Å². The number of rotatable bonds is 8. The van der Waals surface area contributed by atoms with E-state index in [0.717, 1.165) is 13.8 Å². The predicted octanol–water partition coefficient (Wildman–Crippen LogP) is 1.90. The smallest absolute Gasteiger partial charge is 0.338 e. The number of benzene rings is 2. The molecular formula is C41H43NO13. The van der Waals surface area contributed by atoms with Crippen molar-refractivity contribution in [2.45, 2.75) is 82.5 Å². The molecule has 0 amide bonds. The van der Waals surface area contributed by atoms with Crippen molar-refractivity contribution in [1.82, 2.24) is 4.90 Å². The minimum absolute atomic E-state index is 0.122. The van der Waals surface area contributed by atoms with E-state index in [9.17, 15) is 39.0 Å². The maximum atomic E-state index is 14.0. The molecule has 0 unspecified atom stereocenters. The van der Waals surface area contributed by atoms with Crippen molar-refractivity contribution < 1.29 is 62.7 Å². The van der Waals surface area contributed by atoms with Gasteiger partial charge in [-0.1, -0.05) is 43.0 Å². The molecule has 290 valence electrons. The zero-order valence-electron chi connectivity index (χ0n) is 30.9. The van der Waals surface area contributed by atoms with Gasteiger partial charge in [-0.05, 0) is 43.8 Å². The number of aliphatic hydroxyl groups is 2. The predicted molar refractivity (Wildman–Crippen MR) is 187 cm³/mol. The number of aliphatic hydroxyl groups excluding tert-OH is 2. The molecule has 2 heterocycles. The van der Waals surface area contributed by atoms with Crippen molar-refractivity contribution in [3.63, 3.8) is 0 Å². The maximum absolute atomic E-state index is 14.0. The average Bonchev–Trinajstić information content (AvgIpc) is 3.48. The van der Waals surface area contributed by atoms with Gasteiger partial charge >= 0.3 is 29.8 Å². The van der Waals surface area contributed by atoms with Gasteiger partial charge in [-0.15, -0.1) is 0 Å². The highest BCUT2D eigenvalue weighted by atomic mass is 16.6. The van der Waals surface area contributed by atoms with E-state index in [1.807, 2.05) is 4.90 Å². The Labute approximate surface area is 316 Å². The summed E-state index contributed by atoms with van der Waals surface area (Å²) < 4.78 is 31.0. The summed E-state index contributed by atoms with van der Waals surface area (Å²) in [5.74, 6) is -7.99. The molecule has 16 atom stereocenters. The van der Waals surface area contributed by atoms with Crippen LogP contribution in [0.4, 0.5) is 0 Å². The van der Waals surface area contributed by atoms with Crippen LogP contribution in [-0.2, 0) is 42.9 Å². The number of ether oxygens (including phenoxy) is 5. The minimum atomic E-state index is -1.75.